The van der Waals surface area contributed by atoms with Gasteiger partial charge in [0.1, 0.15) is 11.6 Å². The van der Waals surface area contributed by atoms with Crippen LogP contribution in [0, 0.1) is 17.5 Å². The third-order valence-electron chi connectivity index (χ3n) is 6.56. The Kier molecular flexibility index (Phi) is 6.28. The Balaban J connectivity index is 1.48. The molecule has 2 aromatic carbocycles. The highest BCUT2D eigenvalue weighted by atomic mass is 19.2. The molecule has 1 aliphatic carbocycles. The zero-order chi connectivity index (χ0) is 26.3. The maximum Gasteiger partial charge on any atom is 0.337 e. The van der Waals surface area contributed by atoms with Crippen LogP contribution in [-0.2, 0) is 0 Å². The minimum Gasteiger partial charge on any atom is -0.508 e. The average Bonchev–Trinajstić information content (AvgIpc) is 2.87. The lowest BCUT2D eigenvalue weighted by Crippen LogP contribution is -2.45. The summed E-state index contributed by atoms with van der Waals surface area (Å²) in [6.07, 6.45) is 2.44. The molecule has 2 heterocycles. The number of nitrogens with one attached hydrogen (secondary N) is 1. The Morgan fingerprint density at radius 1 is 0.973 bits per heavy atom. The minimum absolute atomic E-state index is 0.0321. The van der Waals surface area contributed by atoms with Crippen molar-refractivity contribution in [1.29, 1.82) is 0 Å². The number of hydrogen-bond acceptors (Lipinski definition) is 5. The summed E-state index contributed by atoms with van der Waals surface area (Å²) in [7, 11) is 0. The molecule has 1 aliphatic rings. The fraction of sp³-hybridized carbons (Fsp3) is 0.231. The van der Waals surface area contributed by atoms with Crippen LogP contribution >= 0.6 is 0 Å². The number of benzene rings is 2. The summed E-state index contributed by atoms with van der Waals surface area (Å²) in [4.78, 5) is 43.3. The van der Waals surface area contributed by atoms with E-state index in [9.17, 15) is 32.7 Å². The highest BCUT2D eigenvalue weighted by Crippen LogP contribution is 2.28. The third kappa shape index (κ3) is 4.59. The molecule has 0 unspecified atom stereocenters. The minimum atomic E-state index is -1.19. The first-order chi connectivity index (χ1) is 17.7. The Bertz CT molecular complexity index is 1640. The molecule has 2 N–H and O–H groups in total. The van der Waals surface area contributed by atoms with E-state index in [4.69, 9.17) is 0 Å². The van der Waals surface area contributed by atoms with Crippen LogP contribution in [0.15, 0.2) is 64.3 Å². The van der Waals surface area contributed by atoms with Gasteiger partial charge in [0.2, 0.25) is 0 Å². The SMILES string of the molecule is O=C(N[C@H]1CC[C@@H](n2c(=O)c3cc(F)cnc3n(-c3ccc(F)c(F)c3)c2=O)CC1)c1cccc(O)c1. The summed E-state index contributed by atoms with van der Waals surface area (Å²) in [6, 6.07) is 8.93. The molecule has 1 saturated carbocycles. The molecule has 0 radical (unpaired) electrons. The molecule has 8 nitrogen and oxygen atoms in total. The van der Waals surface area contributed by atoms with Crippen LogP contribution in [0.2, 0.25) is 0 Å². The highest BCUT2D eigenvalue weighted by Gasteiger charge is 2.28. The van der Waals surface area contributed by atoms with Gasteiger partial charge in [-0.05, 0) is 62.1 Å². The second kappa shape index (κ2) is 9.57. The van der Waals surface area contributed by atoms with E-state index in [1.54, 1.807) is 12.1 Å². The van der Waals surface area contributed by atoms with Gasteiger partial charge in [0.15, 0.2) is 17.3 Å². The quantitative estimate of drug-likeness (QED) is 0.437. The molecule has 11 heteroatoms. The number of nitrogens with zero attached hydrogens (tertiary/aromatic N) is 3. The summed E-state index contributed by atoms with van der Waals surface area (Å²) >= 11 is 0. The first-order valence-electron chi connectivity index (χ1n) is 11.6. The van der Waals surface area contributed by atoms with Crippen molar-refractivity contribution >= 4 is 16.9 Å². The zero-order valence-corrected chi connectivity index (χ0v) is 19.3. The lowest BCUT2D eigenvalue weighted by atomic mass is 9.90. The summed E-state index contributed by atoms with van der Waals surface area (Å²) in [5.74, 6) is -3.48. The standard InChI is InChI=1S/C26H21F3N4O4/c27-15-11-20-23(30-13-15)32(18-8-9-21(28)22(29)12-18)26(37)33(25(20)36)17-6-4-16(5-7-17)31-24(35)14-2-1-3-19(34)10-14/h1-3,8-13,16-17,34H,4-7H2,(H,31,35)/t16-,17+. The predicted molar refractivity (Wildman–Crippen MR) is 128 cm³/mol. The second-order valence-electron chi connectivity index (χ2n) is 8.95. The summed E-state index contributed by atoms with van der Waals surface area (Å²) < 4.78 is 43.5. The number of halogens is 3. The summed E-state index contributed by atoms with van der Waals surface area (Å²) in [6.45, 7) is 0. The fourth-order valence-electron chi connectivity index (χ4n) is 4.76. The van der Waals surface area contributed by atoms with E-state index < -0.39 is 34.7 Å². The van der Waals surface area contributed by atoms with Crippen LogP contribution in [-0.4, -0.2) is 31.2 Å². The number of pyridine rings is 1. The predicted octanol–water partition coefficient (Wildman–Crippen LogP) is 3.58. The smallest absolute Gasteiger partial charge is 0.337 e. The first-order valence-corrected chi connectivity index (χ1v) is 11.6. The maximum absolute atomic E-state index is 14.0. The molecule has 37 heavy (non-hydrogen) atoms. The topological polar surface area (TPSA) is 106 Å². The number of fused-ring (bicyclic) bond motifs is 1. The van der Waals surface area contributed by atoms with Crippen LogP contribution in [0.1, 0.15) is 42.1 Å². The molecular weight excluding hydrogens is 489 g/mol. The number of rotatable bonds is 4. The van der Waals surface area contributed by atoms with Crippen molar-refractivity contribution in [1.82, 2.24) is 19.4 Å². The lowest BCUT2D eigenvalue weighted by Gasteiger charge is -2.30. The van der Waals surface area contributed by atoms with Crippen molar-refractivity contribution in [3.63, 3.8) is 0 Å². The van der Waals surface area contributed by atoms with Gasteiger partial charge in [-0.25, -0.2) is 27.5 Å². The molecule has 0 atom stereocenters. The normalized spacial score (nSPS) is 17.6. The van der Waals surface area contributed by atoms with Gasteiger partial charge in [-0.1, -0.05) is 6.07 Å². The molecule has 0 spiro atoms. The number of carbonyl (C=O) groups is 1. The van der Waals surface area contributed by atoms with Gasteiger partial charge in [0.25, 0.3) is 11.5 Å². The summed E-state index contributed by atoms with van der Waals surface area (Å²) in [5.41, 5.74) is -1.48. The van der Waals surface area contributed by atoms with Gasteiger partial charge in [-0.3, -0.25) is 14.2 Å². The molecular formula is C26H21F3N4O4. The number of amides is 1. The zero-order valence-electron chi connectivity index (χ0n) is 19.3. The Labute approximate surface area is 207 Å². The molecule has 4 aromatic rings. The molecule has 0 bridgehead atoms. The van der Waals surface area contributed by atoms with Gasteiger partial charge >= 0.3 is 5.69 Å². The largest absolute Gasteiger partial charge is 0.508 e. The first kappa shape index (κ1) is 24.3. The number of phenols is 1. The number of aromatic hydroxyl groups is 1. The van der Waals surface area contributed by atoms with Crippen molar-refractivity contribution in [2.45, 2.75) is 37.8 Å². The average molecular weight is 510 g/mol. The van der Waals surface area contributed by atoms with E-state index in [1.807, 2.05) is 0 Å². The highest BCUT2D eigenvalue weighted by molar-refractivity contribution is 5.94. The lowest BCUT2D eigenvalue weighted by molar-refractivity contribution is 0.0921. The van der Waals surface area contributed by atoms with Crippen molar-refractivity contribution in [2.24, 2.45) is 0 Å². The monoisotopic (exact) mass is 510 g/mol. The van der Waals surface area contributed by atoms with Gasteiger partial charge in [0.05, 0.1) is 17.3 Å². The van der Waals surface area contributed by atoms with Gasteiger partial charge in [-0.2, -0.15) is 0 Å². The molecule has 5 rings (SSSR count). The van der Waals surface area contributed by atoms with Crippen LogP contribution in [0.25, 0.3) is 16.7 Å². The van der Waals surface area contributed by atoms with Crippen LogP contribution in [0.5, 0.6) is 5.75 Å². The van der Waals surface area contributed by atoms with Crippen molar-refractivity contribution in [3.8, 4) is 11.4 Å². The van der Waals surface area contributed by atoms with Crippen molar-refractivity contribution < 1.29 is 23.1 Å². The summed E-state index contributed by atoms with van der Waals surface area (Å²) in [5, 5.41) is 12.3. The van der Waals surface area contributed by atoms with E-state index >= 15 is 0 Å². The molecule has 190 valence electrons. The molecule has 2 aromatic heterocycles. The maximum atomic E-state index is 14.0. The van der Waals surface area contributed by atoms with Crippen LogP contribution in [0.3, 0.4) is 0 Å². The number of hydrogen-bond donors (Lipinski definition) is 2. The molecule has 1 amide bonds. The molecule has 1 fully saturated rings. The third-order valence-corrected chi connectivity index (χ3v) is 6.56. The van der Waals surface area contributed by atoms with Gasteiger partial charge in [0, 0.05) is 23.7 Å². The van der Waals surface area contributed by atoms with Gasteiger partial charge in [-0.15, -0.1) is 0 Å². The number of aromatic nitrogens is 3. The van der Waals surface area contributed by atoms with Crippen molar-refractivity contribution in [2.75, 3.05) is 0 Å². The number of carbonyl (C=O) groups excluding carboxylic acids is 1. The van der Waals surface area contributed by atoms with E-state index in [1.165, 1.54) is 18.2 Å². The molecule has 0 aliphatic heterocycles. The van der Waals surface area contributed by atoms with Crippen LogP contribution < -0.4 is 16.6 Å². The van der Waals surface area contributed by atoms with Crippen LogP contribution in [0.4, 0.5) is 13.2 Å². The second-order valence-corrected chi connectivity index (χ2v) is 8.95. The van der Waals surface area contributed by atoms with E-state index in [2.05, 4.69) is 10.3 Å². The fourth-order valence-corrected chi connectivity index (χ4v) is 4.76. The van der Waals surface area contributed by atoms with E-state index in [0.717, 1.165) is 33.5 Å². The van der Waals surface area contributed by atoms with E-state index in [-0.39, 0.29) is 34.4 Å². The number of phenolic OH excluding ortho intramolecular Hbond substituents is 1. The van der Waals surface area contributed by atoms with Gasteiger partial charge < -0.3 is 10.4 Å². The van der Waals surface area contributed by atoms with Crippen molar-refractivity contribution in [3.05, 3.63) is 98.6 Å². The van der Waals surface area contributed by atoms with E-state index in [0.29, 0.717) is 31.2 Å². The Hall–Kier alpha value is -4.41. The molecule has 0 saturated heterocycles. The Morgan fingerprint density at radius 3 is 2.43 bits per heavy atom. The Morgan fingerprint density at radius 2 is 1.73 bits per heavy atom.